The van der Waals surface area contributed by atoms with Crippen molar-refractivity contribution in [2.45, 2.75) is 39.7 Å². The molecule has 11 heavy (non-hydrogen) atoms. The number of nitrogens with one attached hydrogen (secondary N) is 1. The van der Waals surface area contributed by atoms with E-state index < -0.39 is 0 Å². The summed E-state index contributed by atoms with van der Waals surface area (Å²) in [6.45, 7) is 9.23. The molecule has 68 valence electrons. The quantitative estimate of drug-likeness (QED) is 0.630. The van der Waals surface area contributed by atoms with Crippen molar-refractivity contribution in [2.24, 2.45) is 0 Å². The van der Waals surface area contributed by atoms with E-state index in [2.05, 4.69) is 26.1 Å². The molecule has 1 atom stereocenters. The summed E-state index contributed by atoms with van der Waals surface area (Å²) in [5, 5.41) is 3.34. The summed E-state index contributed by atoms with van der Waals surface area (Å²) in [7, 11) is 0. The monoisotopic (exact) mass is 159 g/mol. The van der Waals surface area contributed by atoms with Crippen LogP contribution >= 0.6 is 0 Å². The number of hydrogen-bond acceptors (Lipinski definition) is 2. The molecule has 1 N–H and O–H groups in total. The summed E-state index contributed by atoms with van der Waals surface area (Å²) in [5.41, 5.74) is 0. The van der Waals surface area contributed by atoms with E-state index in [1.165, 1.54) is 12.8 Å². The van der Waals surface area contributed by atoms with Crippen molar-refractivity contribution in [1.82, 2.24) is 5.32 Å². The van der Waals surface area contributed by atoms with Gasteiger partial charge in [-0.05, 0) is 6.42 Å². The van der Waals surface area contributed by atoms with Crippen molar-refractivity contribution in [3.05, 3.63) is 0 Å². The third-order valence-corrected chi connectivity index (χ3v) is 1.49. The smallest absolute Gasteiger partial charge is 0.0620 e. The van der Waals surface area contributed by atoms with Gasteiger partial charge in [0.1, 0.15) is 0 Å². The lowest BCUT2D eigenvalue weighted by molar-refractivity contribution is 0.0758. The topological polar surface area (TPSA) is 21.3 Å². The van der Waals surface area contributed by atoms with Gasteiger partial charge in [-0.1, -0.05) is 27.2 Å². The average molecular weight is 159 g/mol. The Kier molecular flexibility index (Phi) is 7.96. The molecule has 1 fully saturated rings. The van der Waals surface area contributed by atoms with E-state index in [1.54, 1.807) is 0 Å². The van der Waals surface area contributed by atoms with Crippen LogP contribution in [0.15, 0.2) is 0 Å². The van der Waals surface area contributed by atoms with Gasteiger partial charge in [0.25, 0.3) is 0 Å². The molecule has 0 aromatic rings. The van der Waals surface area contributed by atoms with Gasteiger partial charge in [0.15, 0.2) is 0 Å². The molecule has 0 spiro atoms. The molecular formula is C9H21NO. The Bertz CT molecular complexity index is 70.0. The second-order valence-electron chi connectivity index (χ2n) is 2.84. The summed E-state index contributed by atoms with van der Waals surface area (Å²) in [5.74, 6) is 0. The van der Waals surface area contributed by atoms with Crippen LogP contribution in [-0.4, -0.2) is 25.8 Å². The lowest BCUT2D eigenvalue weighted by Gasteiger charge is -2.21. The highest BCUT2D eigenvalue weighted by Crippen LogP contribution is 1.95. The van der Waals surface area contributed by atoms with Crippen LogP contribution in [0.4, 0.5) is 0 Å². The number of morpholine rings is 1. The fourth-order valence-electron chi connectivity index (χ4n) is 0.882. The van der Waals surface area contributed by atoms with Gasteiger partial charge < -0.3 is 10.1 Å². The molecule has 0 saturated carbocycles. The van der Waals surface area contributed by atoms with Crippen LogP contribution in [0.2, 0.25) is 0 Å². The first-order chi connectivity index (χ1) is 5.35. The first kappa shape index (κ1) is 10.9. The van der Waals surface area contributed by atoms with Crippen molar-refractivity contribution in [3.63, 3.8) is 0 Å². The molecule has 0 aromatic heterocycles. The predicted octanol–water partition coefficient (Wildman–Crippen LogP) is 1.80. The molecule has 0 radical (unpaired) electrons. The highest BCUT2D eigenvalue weighted by atomic mass is 16.5. The zero-order valence-corrected chi connectivity index (χ0v) is 8.02. The van der Waals surface area contributed by atoms with E-state index >= 15 is 0 Å². The first-order valence-corrected chi connectivity index (χ1v) is 4.66. The van der Waals surface area contributed by atoms with Crippen molar-refractivity contribution in [2.75, 3.05) is 19.8 Å². The van der Waals surface area contributed by atoms with Crippen molar-refractivity contribution in [1.29, 1.82) is 0 Å². The molecule has 1 aliphatic heterocycles. The molecule has 2 heteroatoms. The molecule has 1 aliphatic rings. The van der Waals surface area contributed by atoms with Gasteiger partial charge >= 0.3 is 0 Å². The molecule has 1 heterocycles. The van der Waals surface area contributed by atoms with E-state index in [4.69, 9.17) is 4.74 Å². The minimum absolute atomic E-state index is 0.615. The van der Waals surface area contributed by atoms with Gasteiger partial charge in [-0.15, -0.1) is 0 Å². The van der Waals surface area contributed by atoms with E-state index in [1.807, 2.05) is 0 Å². The van der Waals surface area contributed by atoms with Gasteiger partial charge in [0.05, 0.1) is 13.2 Å². The van der Waals surface area contributed by atoms with Crippen LogP contribution in [0.1, 0.15) is 33.6 Å². The summed E-state index contributed by atoms with van der Waals surface area (Å²) in [6.07, 6.45) is 2.43. The highest BCUT2D eigenvalue weighted by molar-refractivity contribution is 4.66. The minimum Gasteiger partial charge on any atom is -0.379 e. The second-order valence-corrected chi connectivity index (χ2v) is 2.84. The van der Waals surface area contributed by atoms with Crippen molar-refractivity contribution in [3.8, 4) is 0 Å². The molecule has 0 aliphatic carbocycles. The van der Waals surface area contributed by atoms with E-state index in [9.17, 15) is 0 Å². The maximum Gasteiger partial charge on any atom is 0.0620 e. The molecule has 1 rings (SSSR count). The van der Waals surface area contributed by atoms with E-state index in [-0.39, 0.29) is 0 Å². The Hall–Kier alpha value is -0.0800. The third-order valence-electron chi connectivity index (χ3n) is 1.49. The van der Waals surface area contributed by atoms with E-state index in [0.29, 0.717) is 6.04 Å². The van der Waals surface area contributed by atoms with Crippen LogP contribution in [0.5, 0.6) is 0 Å². The third kappa shape index (κ3) is 6.32. The Morgan fingerprint density at radius 3 is 2.27 bits per heavy atom. The van der Waals surface area contributed by atoms with Crippen LogP contribution in [0.3, 0.4) is 0 Å². The molecule has 1 saturated heterocycles. The lowest BCUT2D eigenvalue weighted by Crippen LogP contribution is -2.40. The number of ether oxygens (including phenoxy) is 1. The second kappa shape index (κ2) is 8.02. The Labute approximate surface area is 70.3 Å². The fraction of sp³-hybridized carbons (Fsp3) is 1.00. The minimum atomic E-state index is 0.615. The van der Waals surface area contributed by atoms with Crippen molar-refractivity contribution >= 4 is 0 Å². The zero-order chi connectivity index (χ0) is 8.53. The largest absolute Gasteiger partial charge is 0.379 e. The number of hydrogen-bond donors (Lipinski definition) is 1. The van der Waals surface area contributed by atoms with Gasteiger partial charge in [-0.3, -0.25) is 0 Å². The first-order valence-electron chi connectivity index (χ1n) is 4.66. The normalized spacial score (nSPS) is 23.7. The van der Waals surface area contributed by atoms with Crippen LogP contribution < -0.4 is 5.32 Å². The van der Waals surface area contributed by atoms with Gasteiger partial charge in [-0.2, -0.15) is 0 Å². The Balaban J connectivity index is 0.000000292. The maximum absolute atomic E-state index is 5.21. The predicted molar refractivity (Wildman–Crippen MR) is 48.9 cm³/mol. The summed E-state index contributed by atoms with van der Waals surface area (Å²) in [4.78, 5) is 0. The van der Waals surface area contributed by atoms with Crippen LogP contribution in [-0.2, 0) is 4.74 Å². The average Bonchev–Trinajstić information content (AvgIpc) is 2.08. The fourth-order valence-corrected chi connectivity index (χ4v) is 0.882. The summed E-state index contributed by atoms with van der Waals surface area (Å²) < 4.78 is 5.21. The molecule has 0 amide bonds. The highest BCUT2D eigenvalue weighted by Gasteiger charge is 2.08. The standard InChI is InChI=1S/C6H13NO.C3H8/c1-2-6-5-8-4-3-7-6;1-3-2/h6-7H,2-5H2,1H3;3H2,1-2H3. The van der Waals surface area contributed by atoms with E-state index in [0.717, 1.165) is 19.8 Å². The molecular weight excluding hydrogens is 138 g/mol. The van der Waals surface area contributed by atoms with Crippen LogP contribution in [0.25, 0.3) is 0 Å². The molecule has 1 unspecified atom stereocenters. The number of rotatable bonds is 1. The maximum atomic E-state index is 5.21. The van der Waals surface area contributed by atoms with Crippen LogP contribution in [0, 0.1) is 0 Å². The molecule has 0 bridgehead atoms. The van der Waals surface area contributed by atoms with Gasteiger partial charge in [0, 0.05) is 12.6 Å². The van der Waals surface area contributed by atoms with Gasteiger partial charge in [-0.25, -0.2) is 0 Å². The van der Waals surface area contributed by atoms with Crippen molar-refractivity contribution < 1.29 is 4.74 Å². The zero-order valence-electron chi connectivity index (χ0n) is 8.02. The Morgan fingerprint density at radius 1 is 1.36 bits per heavy atom. The molecule has 2 nitrogen and oxygen atoms in total. The molecule has 0 aromatic carbocycles. The van der Waals surface area contributed by atoms with Gasteiger partial charge in [0.2, 0.25) is 0 Å². The summed E-state index contributed by atoms with van der Waals surface area (Å²) in [6, 6.07) is 0.615. The summed E-state index contributed by atoms with van der Waals surface area (Å²) >= 11 is 0. The lowest BCUT2D eigenvalue weighted by atomic mass is 10.2. The SMILES string of the molecule is CCC.CCC1COCCN1. The Morgan fingerprint density at radius 2 is 2.00 bits per heavy atom.